The summed E-state index contributed by atoms with van der Waals surface area (Å²) in [6.45, 7) is 0.730. The SMILES string of the molecule is CN1CCc2cc(-c3nc(Cl)ccc3N)ccc2C1=O. The monoisotopic (exact) mass is 287 g/mol. The third kappa shape index (κ3) is 2.12. The van der Waals surface area contributed by atoms with Crippen molar-refractivity contribution in [1.82, 2.24) is 9.88 Å². The Morgan fingerprint density at radius 3 is 2.90 bits per heavy atom. The maximum Gasteiger partial charge on any atom is 0.253 e. The number of halogens is 1. The molecule has 0 fully saturated rings. The van der Waals surface area contributed by atoms with Crippen LogP contribution in [-0.4, -0.2) is 29.4 Å². The molecule has 3 rings (SSSR count). The van der Waals surface area contributed by atoms with Gasteiger partial charge in [-0.25, -0.2) is 4.98 Å². The second-order valence-electron chi connectivity index (χ2n) is 4.92. The van der Waals surface area contributed by atoms with E-state index in [9.17, 15) is 4.79 Å². The number of benzene rings is 1. The molecule has 5 heteroatoms. The fraction of sp³-hybridized carbons (Fsp3) is 0.200. The van der Waals surface area contributed by atoms with Crippen LogP contribution >= 0.6 is 11.6 Å². The Morgan fingerprint density at radius 1 is 1.30 bits per heavy atom. The number of nitrogens with two attached hydrogens (primary N) is 1. The van der Waals surface area contributed by atoms with E-state index in [1.165, 1.54) is 0 Å². The summed E-state index contributed by atoms with van der Waals surface area (Å²) in [4.78, 5) is 18.1. The summed E-state index contributed by atoms with van der Waals surface area (Å²) in [7, 11) is 1.82. The van der Waals surface area contributed by atoms with Gasteiger partial charge in [0, 0.05) is 24.7 Å². The first kappa shape index (κ1) is 12.9. The number of nitrogen functional groups attached to an aromatic ring is 1. The number of hydrogen-bond donors (Lipinski definition) is 1. The smallest absolute Gasteiger partial charge is 0.253 e. The molecule has 0 saturated heterocycles. The molecule has 0 aliphatic carbocycles. The Balaban J connectivity index is 2.09. The maximum absolute atomic E-state index is 12.0. The molecule has 1 aromatic carbocycles. The lowest BCUT2D eigenvalue weighted by molar-refractivity contribution is 0.0781. The van der Waals surface area contributed by atoms with Gasteiger partial charge in [0.2, 0.25) is 0 Å². The molecule has 102 valence electrons. The van der Waals surface area contributed by atoms with Crippen LogP contribution < -0.4 is 5.73 Å². The van der Waals surface area contributed by atoms with Gasteiger partial charge in [-0.05, 0) is 36.2 Å². The van der Waals surface area contributed by atoms with Crippen molar-refractivity contribution >= 4 is 23.2 Å². The van der Waals surface area contributed by atoms with Crippen molar-refractivity contribution in [2.24, 2.45) is 0 Å². The van der Waals surface area contributed by atoms with Crippen LogP contribution in [0.4, 0.5) is 5.69 Å². The van der Waals surface area contributed by atoms with Crippen LogP contribution in [0.1, 0.15) is 15.9 Å². The Morgan fingerprint density at radius 2 is 2.10 bits per heavy atom. The predicted molar refractivity (Wildman–Crippen MR) is 79.8 cm³/mol. The Labute approximate surface area is 122 Å². The number of aromatic nitrogens is 1. The van der Waals surface area contributed by atoms with Crippen molar-refractivity contribution in [3.05, 3.63) is 46.6 Å². The van der Waals surface area contributed by atoms with Crippen LogP contribution in [-0.2, 0) is 6.42 Å². The standard InChI is InChI=1S/C15H14ClN3O/c1-19-7-6-9-8-10(2-3-11(9)15(19)20)14-12(17)4-5-13(16)18-14/h2-5,8H,6-7,17H2,1H3. The second kappa shape index (κ2) is 4.80. The second-order valence-corrected chi connectivity index (χ2v) is 5.31. The number of carbonyl (C=O) groups excluding carboxylic acids is 1. The fourth-order valence-electron chi connectivity index (χ4n) is 2.43. The van der Waals surface area contributed by atoms with Crippen LogP contribution in [0.5, 0.6) is 0 Å². The molecule has 1 aromatic heterocycles. The molecule has 2 aromatic rings. The highest BCUT2D eigenvalue weighted by atomic mass is 35.5. The zero-order valence-corrected chi connectivity index (χ0v) is 11.8. The number of pyridine rings is 1. The topological polar surface area (TPSA) is 59.2 Å². The van der Waals surface area contributed by atoms with Crippen LogP contribution in [0.2, 0.25) is 5.15 Å². The first-order chi connectivity index (χ1) is 9.56. The molecular formula is C15H14ClN3O. The average molecular weight is 288 g/mol. The predicted octanol–water partition coefficient (Wildman–Crippen LogP) is 2.61. The molecule has 4 nitrogen and oxygen atoms in total. The molecule has 0 saturated carbocycles. The van der Waals surface area contributed by atoms with Crippen molar-refractivity contribution in [3.63, 3.8) is 0 Å². The lowest BCUT2D eigenvalue weighted by atomic mass is 9.95. The van der Waals surface area contributed by atoms with Crippen LogP contribution in [0, 0.1) is 0 Å². The number of nitrogens with zero attached hydrogens (tertiary/aromatic N) is 2. The van der Waals surface area contributed by atoms with E-state index in [1.807, 2.05) is 25.2 Å². The van der Waals surface area contributed by atoms with E-state index < -0.39 is 0 Å². The van der Waals surface area contributed by atoms with E-state index in [2.05, 4.69) is 4.98 Å². The van der Waals surface area contributed by atoms with E-state index in [0.29, 0.717) is 16.5 Å². The molecule has 1 aliphatic heterocycles. The van der Waals surface area contributed by atoms with Gasteiger partial charge in [-0.1, -0.05) is 17.7 Å². The van der Waals surface area contributed by atoms with Gasteiger partial charge in [0.15, 0.2) is 0 Å². The summed E-state index contributed by atoms with van der Waals surface area (Å²) in [5.41, 5.74) is 9.86. The minimum absolute atomic E-state index is 0.0600. The maximum atomic E-state index is 12.0. The zero-order chi connectivity index (χ0) is 14.3. The summed E-state index contributed by atoms with van der Waals surface area (Å²) in [6.07, 6.45) is 0.839. The first-order valence-electron chi connectivity index (χ1n) is 6.37. The van der Waals surface area contributed by atoms with E-state index >= 15 is 0 Å². The van der Waals surface area contributed by atoms with Crippen LogP contribution in [0.15, 0.2) is 30.3 Å². The van der Waals surface area contributed by atoms with E-state index in [1.54, 1.807) is 17.0 Å². The number of hydrogen-bond acceptors (Lipinski definition) is 3. The van der Waals surface area contributed by atoms with E-state index in [4.69, 9.17) is 17.3 Å². The summed E-state index contributed by atoms with van der Waals surface area (Å²) < 4.78 is 0. The molecule has 1 aliphatic rings. The average Bonchev–Trinajstić information content (AvgIpc) is 2.45. The van der Waals surface area contributed by atoms with E-state index in [-0.39, 0.29) is 5.91 Å². The van der Waals surface area contributed by atoms with Gasteiger partial charge < -0.3 is 10.6 Å². The quantitative estimate of drug-likeness (QED) is 0.820. The Kier molecular flexibility index (Phi) is 3.10. The van der Waals surface area contributed by atoms with Gasteiger partial charge in [0.05, 0.1) is 11.4 Å². The van der Waals surface area contributed by atoms with Gasteiger partial charge in [0.1, 0.15) is 5.15 Å². The van der Waals surface area contributed by atoms with Crippen molar-refractivity contribution < 1.29 is 4.79 Å². The number of likely N-dealkylation sites (N-methyl/N-ethyl adjacent to an activating group) is 1. The molecule has 1 amide bonds. The van der Waals surface area contributed by atoms with Gasteiger partial charge in [-0.15, -0.1) is 0 Å². The van der Waals surface area contributed by atoms with Crippen LogP contribution in [0.3, 0.4) is 0 Å². The summed E-state index contributed by atoms with van der Waals surface area (Å²) >= 11 is 5.92. The van der Waals surface area contributed by atoms with Gasteiger partial charge in [0.25, 0.3) is 5.91 Å². The molecule has 0 atom stereocenters. The van der Waals surface area contributed by atoms with Crippen molar-refractivity contribution in [2.45, 2.75) is 6.42 Å². The number of amides is 1. The largest absolute Gasteiger partial charge is 0.397 e. The molecule has 2 heterocycles. The normalized spacial score (nSPS) is 14.3. The number of carbonyl (C=O) groups is 1. The molecule has 2 N–H and O–H groups in total. The third-order valence-electron chi connectivity index (χ3n) is 3.56. The summed E-state index contributed by atoms with van der Waals surface area (Å²) in [5, 5.41) is 0.405. The summed E-state index contributed by atoms with van der Waals surface area (Å²) in [6, 6.07) is 9.09. The minimum atomic E-state index is 0.0600. The molecule has 20 heavy (non-hydrogen) atoms. The molecule has 0 spiro atoms. The molecule has 0 unspecified atom stereocenters. The van der Waals surface area contributed by atoms with Crippen molar-refractivity contribution in [1.29, 1.82) is 0 Å². The molecule has 0 bridgehead atoms. The highest BCUT2D eigenvalue weighted by molar-refractivity contribution is 6.29. The number of anilines is 1. The fourth-order valence-corrected chi connectivity index (χ4v) is 2.58. The first-order valence-corrected chi connectivity index (χ1v) is 6.75. The van der Waals surface area contributed by atoms with Crippen molar-refractivity contribution in [3.8, 4) is 11.3 Å². The Bertz CT molecular complexity index is 700. The highest BCUT2D eigenvalue weighted by Crippen LogP contribution is 2.29. The van der Waals surface area contributed by atoms with Gasteiger partial charge >= 0.3 is 0 Å². The zero-order valence-electron chi connectivity index (χ0n) is 11.1. The molecular weight excluding hydrogens is 274 g/mol. The van der Waals surface area contributed by atoms with Crippen molar-refractivity contribution in [2.75, 3.05) is 19.3 Å². The molecule has 0 radical (unpaired) electrons. The Hall–Kier alpha value is -2.07. The highest BCUT2D eigenvalue weighted by Gasteiger charge is 2.22. The van der Waals surface area contributed by atoms with Gasteiger partial charge in [-0.2, -0.15) is 0 Å². The lowest BCUT2D eigenvalue weighted by Gasteiger charge is -2.25. The number of rotatable bonds is 1. The van der Waals surface area contributed by atoms with E-state index in [0.717, 1.165) is 29.7 Å². The van der Waals surface area contributed by atoms with Gasteiger partial charge in [-0.3, -0.25) is 4.79 Å². The minimum Gasteiger partial charge on any atom is -0.397 e. The lowest BCUT2D eigenvalue weighted by Crippen LogP contribution is -2.34. The summed E-state index contributed by atoms with van der Waals surface area (Å²) in [5.74, 6) is 0.0600. The third-order valence-corrected chi connectivity index (χ3v) is 3.78. The van der Waals surface area contributed by atoms with Crippen LogP contribution in [0.25, 0.3) is 11.3 Å². The number of fused-ring (bicyclic) bond motifs is 1.